The summed E-state index contributed by atoms with van der Waals surface area (Å²) in [5.41, 5.74) is 2.84. The molecule has 2 heterocycles. The maximum atomic E-state index is 13.9. The number of hydrogen-bond acceptors (Lipinski definition) is 7. The highest BCUT2D eigenvalue weighted by Crippen LogP contribution is 2.23. The normalized spacial score (nSPS) is 13.2. The molecule has 0 bridgehead atoms. The minimum absolute atomic E-state index is 0.0752. The lowest BCUT2D eigenvalue weighted by atomic mass is 9.86. The fraction of sp³-hybridized carbons (Fsp3) is 0.389. The van der Waals surface area contributed by atoms with E-state index in [2.05, 4.69) is 15.5 Å². The van der Waals surface area contributed by atoms with E-state index >= 15 is 0 Å². The number of hydrogen-bond donors (Lipinski definition) is 2. The molecule has 2 N–H and O–H groups in total. The van der Waals surface area contributed by atoms with Gasteiger partial charge in [-0.2, -0.15) is 0 Å². The second kappa shape index (κ2) is 15.9. The van der Waals surface area contributed by atoms with Gasteiger partial charge >= 0.3 is 0 Å². The fourth-order valence-corrected chi connectivity index (χ4v) is 5.47. The molecule has 45 heavy (non-hydrogen) atoms. The first-order valence-corrected chi connectivity index (χ1v) is 15.6. The van der Waals surface area contributed by atoms with E-state index in [9.17, 15) is 24.0 Å². The van der Waals surface area contributed by atoms with Crippen LogP contribution in [0.5, 0.6) is 0 Å². The summed E-state index contributed by atoms with van der Waals surface area (Å²) < 4.78 is 4.99. The van der Waals surface area contributed by atoms with Gasteiger partial charge in [0.2, 0.25) is 11.7 Å². The van der Waals surface area contributed by atoms with Gasteiger partial charge < -0.3 is 14.8 Å². The van der Waals surface area contributed by atoms with Crippen molar-refractivity contribution in [3.8, 4) is 0 Å². The Kier molecular flexibility index (Phi) is 11.7. The monoisotopic (exact) mass is 611 g/mol. The number of H-pyrrole nitrogens is 1. The number of nitrogens with one attached hydrogen (secondary N) is 2. The Labute approximate surface area is 263 Å². The van der Waals surface area contributed by atoms with Crippen LogP contribution >= 0.6 is 0 Å². The Morgan fingerprint density at radius 2 is 1.71 bits per heavy atom. The zero-order valence-electron chi connectivity index (χ0n) is 26.1. The number of aromatic nitrogens is 2. The number of fused-ring (bicyclic) bond motifs is 1. The highest BCUT2D eigenvalue weighted by atomic mass is 16.5. The molecule has 1 amide bonds. The van der Waals surface area contributed by atoms with Gasteiger partial charge in [0.25, 0.3) is 0 Å². The van der Waals surface area contributed by atoms with E-state index < -0.39 is 35.4 Å². The van der Waals surface area contributed by atoms with E-state index in [1.165, 1.54) is 6.07 Å². The lowest BCUT2D eigenvalue weighted by Crippen LogP contribution is -2.46. The molecule has 3 atom stereocenters. The molecule has 0 spiro atoms. The van der Waals surface area contributed by atoms with Crippen molar-refractivity contribution in [1.82, 2.24) is 15.5 Å². The summed E-state index contributed by atoms with van der Waals surface area (Å²) in [4.78, 5) is 69.5. The number of carbonyl (C=O) groups is 5. The van der Waals surface area contributed by atoms with Gasteiger partial charge in [0.05, 0.1) is 6.04 Å². The van der Waals surface area contributed by atoms with Crippen LogP contribution in [0.1, 0.15) is 79.7 Å². The van der Waals surface area contributed by atoms with Crippen LogP contribution in [0.4, 0.5) is 0 Å². The van der Waals surface area contributed by atoms with Crippen molar-refractivity contribution in [2.24, 2.45) is 11.8 Å². The summed E-state index contributed by atoms with van der Waals surface area (Å²) in [5, 5.41) is 7.52. The van der Waals surface area contributed by atoms with Crippen LogP contribution in [0, 0.1) is 18.8 Å². The van der Waals surface area contributed by atoms with Crippen molar-refractivity contribution >= 4 is 39.9 Å². The van der Waals surface area contributed by atoms with Crippen LogP contribution < -0.4 is 5.32 Å². The fourth-order valence-electron chi connectivity index (χ4n) is 5.47. The van der Waals surface area contributed by atoms with Gasteiger partial charge in [0.15, 0.2) is 17.3 Å². The van der Waals surface area contributed by atoms with Gasteiger partial charge in [-0.15, -0.1) is 0 Å². The number of amides is 1. The molecule has 0 fully saturated rings. The van der Waals surface area contributed by atoms with E-state index in [0.29, 0.717) is 25.0 Å². The van der Waals surface area contributed by atoms with Crippen molar-refractivity contribution in [2.45, 2.75) is 78.2 Å². The summed E-state index contributed by atoms with van der Waals surface area (Å²) in [6, 6.07) is 17.7. The van der Waals surface area contributed by atoms with Crippen LogP contribution in [0.25, 0.3) is 10.9 Å². The van der Waals surface area contributed by atoms with Crippen molar-refractivity contribution in [2.75, 3.05) is 0 Å². The van der Waals surface area contributed by atoms with Gasteiger partial charge in [-0.3, -0.25) is 24.0 Å². The smallest absolute Gasteiger partial charge is 0.223 e. The summed E-state index contributed by atoms with van der Waals surface area (Å²) in [5.74, 6) is -3.17. The van der Waals surface area contributed by atoms with Gasteiger partial charge in [0.1, 0.15) is 11.5 Å². The predicted molar refractivity (Wildman–Crippen MR) is 171 cm³/mol. The van der Waals surface area contributed by atoms with Crippen LogP contribution in [0.15, 0.2) is 71.4 Å². The molecule has 9 nitrogen and oxygen atoms in total. The number of aryl methyl sites for hydroxylation is 2. The van der Waals surface area contributed by atoms with Crippen molar-refractivity contribution in [3.63, 3.8) is 0 Å². The maximum Gasteiger partial charge on any atom is 0.223 e. The number of carbonyl (C=O) groups excluding carboxylic acids is 5. The summed E-state index contributed by atoms with van der Waals surface area (Å²) in [6.45, 7) is 5.28. The molecule has 0 saturated carbocycles. The van der Waals surface area contributed by atoms with Gasteiger partial charge in [-0.05, 0) is 37.0 Å². The summed E-state index contributed by atoms with van der Waals surface area (Å²) >= 11 is 0. The lowest BCUT2D eigenvalue weighted by Gasteiger charge is -2.22. The molecule has 0 aliphatic carbocycles. The molecule has 4 aromatic rings. The summed E-state index contributed by atoms with van der Waals surface area (Å²) in [7, 11) is 0. The van der Waals surface area contributed by atoms with Crippen molar-refractivity contribution in [1.29, 1.82) is 0 Å². The quantitative estimate of drug-likeness (QED) is 0.105. The van der Waals surface area contributed by atoms with E-state index in [0.717, 1.165) is 28.5 Å². The minimum Gasteiger partial charge on any atom is -0.361 e. The molecule has 236 valence electrons. The highest BCUT2D eigenvalue weighted by Gasteiger charge is 2.32. The Morgan fingerprint density at radius 3 is 2.42 bits per heavy atom. The molecule has 0 unspecified atom stereocenters. The molecule has 0 aliphatic heterocycles. The van der Waals surface area contributed by atoms with Crippen LogP contribution in [-0.2, 0) is 32.0 Å². The molecule has 4 rings (SSSR count). The zero-order chi connectivity index (χ0) is 32.3. The number of ketones is 4. The highest BCUT2D eigenvalue weighted by molar-refractivity contribution is 6.38. The molecule has 0 saturated heterocycles. The average molecular weight is 612 g/mol. The molecule has 0 radical (unpaired) electrons. The Bertz CT molecular complexity index is 1640. The first kappa shape index (κ1) is 33.2. The van der Waals surface area contributed by atoms with Crippen molar-refractivity contribution < 1.29 is 28.5 Å². The molecular weight excluding hydrogens is 570 g/mol. The maximum absolute atomic E-state index is 13.9. The number of rotatable bonds is 18. The zero-order valence-corrected chi connectivity index (χ0v) is 26.1. The third-order valence-corrected chi connectivity index (χ3v) is 8.14. The lowest BCUT2D eigenvalue weighted by molar-refractivity contribution is -0.140. The first-order valence-electron chi connectivity index (χ1n) is 15.6. The van der Waals surface area contributed by atoms with E-state index in [1.54, 1.807) is 13.8 Å². The van der Waals surface area contributed by atoms with E-state index in [-0.39, 0.29) is 42.9 Å². The summed E-state index contributed by atoms with van der Waals surface area (Å²) in [6.07, 6.45) is 4.16. The number of unbranched alkanes of at least 4 members (excludes halogenated alkanes) is 1. The van der Waals surface area contributed by atoms with E-state index in [4.69, 9.17) is 4.52 Å². The second-order valence-corrected chi connectivity index (χ2v) is 11.8. The first-order chi connectivity index (χ1) is 21.7. The van der Waals surface area contributed by atoms with Gasteiger partial charge in [-0.25, -0.2) is 0 Å². The third kappa shape index (κ3) is 9.17. The molecule has 2 aromatic carbocycles. The number of aromatic amines is 1. The number of benzene rings is 2. The Morgan fingerprint density at radius 1 is 0.978 bits per heavy atom. The minimum atomic E-state index is -0.958. The topological polar surface area (TPSA) is 139 Å². The standard InChI is InChI=1S/C36H41N3O6/c1-4-5-13-26(35(43)32(40)17-16-25-11-7-6-8-12-25)21-34(42)30(20-27-22-37-29-15-10-9-14-28(27)29)38-36(44)23(2)18-33(41)31-19-24(3)45-39-31/h6-12,14-15,19,22-23,26,30,37H,4-5,13,16-18,20-21H2,1-3H3,(H,38,44)/t23-,26-,30+/m1/s1. The van der Waals surface area contributed by atoms with Gasteiger partial charge in [-0.1, -0.05) is 80.4 Å². The average Bonchev–Trinajstić information content (AvgIpc) is 3.67. The van der Waals surface area contributed by atoms with Gasteiger partial charge in [0, 0.05) is 60.7 Å². The SMILES string of the molecule is CCCC[C@H](CC(=O)[C@H](Cc1c[nH]c2ccccc12)NC(=O)[C@H](C)CC(=O)c1cc(C)on1)C(=O)C(=O)CCc1ccccc1. The van der Waals surface area contributed by atoms with Crippen LogP contribution in [0.2, 0.25) is 0 Å². The molecule has 2 aromatic heterocycles. The predicted octanol–water partition coefficient (Wildman–Crippen LogP) is 5.94. The third-order valence-electron chi connectivity index (χ3n) is 8.14. The molecule has 9 heteroatoms. The Hall–Kier alpha value is -4.66. The number of nitrogens with zero attached hydrogens (tertiary/aromatic N) is 1. The van der Waals surface area contributed by atoms with Crippen LogP contribution in [-0.4, -0.2) is 45.2 Å². The van der Waals surface area contributed by atoms with Crippen LogP contribution in [0.3, 0.4) is 0 Å². The Balaban J connectivity index is 1.50. The van der Waals surface area contributed by atoms with Crippen molar-refractivity contribution in [3.05, 3.63) is 89.4 Å². The largest absolute Gasteiger partial charge is 0.361 e. The second-order valence-electron chi connectivity index (χ2n) is 11.8. The number of para-hydroxylation sites is 1. The van der Waals surface area contributed by atoms with E-state index in [1.807, 2.05) is 67.7 Å². The molecule has 0 aliphatic rings. The molecular formula is C36H41N3O6. The number of Topliss-reactive ketones (excluding diaryl/α,β-unsaturated/α-hetero) is 4.